The van der Waals surface area contributed by atoms with E-state index >= 15 is 0 Å². The predicted octanol–water partition coefficient (Wildman–Crippen LogP) is 4.64. The maximum Gasteiger partial charge on any atom is 0.340 e. The molecule has 1 aromatic heterocycles. The quantitative estimate of drug-likeness (QED) is 0.418. The molecule has 0 saturated carbocycles. The van der Waals surface area contributed by atoms with Gasteiger partial charge in [0, 0.05) is 28.8 Å². The Hall–Kier alpha value is -2.64. The van der Waals surface area contributed by atoms with E-state index in [1.807, 2.05) is 47.8 Å². The van der Waals surface area contributed by atoms with Crippen molar-refractivity contribution >= 4 is 40.7 Å². The molecular formula is C21H20N2O3S2. The Kier molecular flexibility index (Phi) is 6.84. The molecule has 0 bridgehead atoms. The Morgan fingerprint density at radius 3 is 2.57 bits per heavy atom. The van der Waals surface area contributed by atoms with Crippen LogP contribution in [0.15, 0.2) is 70.4 Å². The number of benzene rings is 2. The molecule has 0 aliphatic rings. The van der Waals surface area contributed by atoms with Crippen LogP contribution in [0, 0.1) is 0 Å². The van der Waals surface area contributed by atoms with Crippen molar-refractivity contribution in [2.75, 3.05) is 11.9 Å². The number of carbonyl (C=O) groups excluding carboxylic acids is 2. The zero-order chi connectivity index (χ0) is 19.9. The summed E-state index contributed by atoms with van der Waals surface area (Å²) in [5.74, 6) is -0.130. The predicted molar refractivity (Wildman–Crippen MR) is 113 cm³/mol. The smallest absolute Gasteiger partial charge is 0.340 e. The van der Waals surface area contributed by atoms with Crippen LogP contribution >= 0.6 is 23.1 Å². The first-order valence-corrected chi connectivity index (χ1v) is 10.6. The van der Waals surface area contributed by atoms with E-state index in [1.54, 1.807) is 31.6 Å². The molecule has 0 radical (unpaired) electrons. The first kappa shape index (κ1) is 20.1. The van der Waals surface area contributed by atoms with E-state index in [4.69, 9.17) is 4.74 Å². The van der Waals surface area contributed by atoms with Crippen LogP contribution in [0.2, 0.25) is 0 Å². The first-order valence-electron chi connectivity index (χ1n) is 8.68. The van der Waals surface area contributed by atoms with E-state index in [1.165, 1.54) is 28.0 Å². The van der Waals surface area contributed by atoms with Gasteiger partial charge in [-0.3, -0.25) is 4.79 Å². The first-order chi connectivity index (χ1) is 13.6. The number of hydrogen-bond acceptors (Lipinski definition) is 6. The third-order valence-electron chi connectivity index (χ3n) is 4.07. The van der Waals surface area contributed by atoms with E-state index in [0.29, 0.717) is 11.3 Å². The summed E-state index contributed by atoms with van der Waals surface area (Å²) in [6, 6.07) is 16.5. The molecule has 144 valence electrons. The zero-order valence-corrected chi connectivity index (χ0v) is 17.2. The van der Waals surface area contributed by atoms with Crippen LogP contribution in [0.4, 0.5) is 5.69 Å². The fourth-order valence-electron chi connectivity index (χ4n) is 2.55. The number of thioether (sulfide) groups is 1. The lowest BCUT2D eigenvalue weighted by molar-refractivity contribution is -0.126. The van der Waals surface area contributed by atoms with Crippen LogP contribution in [0.5, 0.6) is 0 Å². The summed E-state index contributed by atoms with van der Waals surface area (Å²) in [7, 11) is 1.67. The highest BCUT2D eigenvalue weighted by molar-refractivity contribution is 7.98. The molecular weight excluding hydrogens is 392 g/mol. The van der Waals surface area contributed by atoms with Gasteiger partial charge in [-0.15, -0.1) is 23.1 Å². The molecule has 1 heterocycles. The second kappa shape index (κ2) is 9.52. The van der Waals surface area contributed by atoms with Crippen LogP contribution < -0.4 is 4.90 Å². The lowest BCUT2D eigenvalue weighted by Crippen LogP contribution is -2.37. The lowest BCUT2D eigenvalue weighted by atomic mass is 10.2. The number of carbonyl (C=O) groups is 2. The van der Waals surface area contributed by atoms with Crippen LogP contribution in [0.25, 0.3) is 0 Å². The van der Waals surface area contributed by atoms with E-state index in [9.17, 15) is 9.59 Å². The van der Waals surface area contributed by atoms with Gasteiger partial charge in [0.15, 0.2) is 6.10 Å². The molecule has 5 nitrogen and oxygen atoms in total. The molecule has 3 aromatic rings. The Bertz CT molecular complexity index is 930. The normalized spacial score (nSPS) is 11.6. The van der Waals surface area contributed by atoms with Crippen molar-refractivity contribution in [3.05, 3.63) is 76.7 Å². The molecule has 0 fully saturated rings. The molecule has 1 unspecified atom stereocenters. The van der Waals surface area contributed by atoms with Crippen molar-refractivity contribution in [1.29, 1.82) is 0 Å². The number of thiazole rings is 1. The maximum atomic E-state index is 12.7. The Balaban J connectivity index is 1.66. The summed E-state index contributed by atoms with van der Waals surface area (Å²) in [5, 5.41) is 1.98. The van der Waals surface area contributed by atoms with Gasteiger partial charge < -0.3 is 9.64 Å². The van der Waals surface area contributed by atoms with Gasteiger partial charge in [-0.1, -0.05) is 30.3 Å². The van der Waals surface area contributed by atoms with E-state index in [-0.39, 0.29) is 5.91 Å². The van der Waals surface area contributed by atoms with Crippen molar-refractivity contribution in [3.8, 4) is 0 Å². The van der Waals surface area contributed by atoms with Crippen molar-refractivity contribution in [2.24, 2.45) is 0 Å². The standard InChI is InChI=1S/C21H20N2O3S2/c1-15(20(24)23(2)17-8-4-3-5-9-17)26-21(25)18-10-6-7-11-19(18)28-13-16-12-27-14-22-16/h3-12,14-15H,13H2,1-2H3. The van der Waals surface area contributed by atoms with Crippen molar-refractivity contribution in [3.63, 3.8) is 0 Å². The zero-order valence-electron chi connectivity index (χ0n) is 15.6. The van der Waals surface area contributed by atoms with E-state index < -0.39 is 12.1 Å². The van der Waals surface area contributed by atoms with Gasteiger partial charge in [-0.2, -0.15) is 0 Å². The molecule has 2 aromatic carbocycles. The fraction of sp³-hybridized carbons (Fsp3) is 0.190. The third kappa shape index (κ3) is 4.99. The van der Waals surface area contributed by atoms with Gasteiger partial charge in [-0.25, -0.2) is 9.78 Å². The average molecular weight is 413 g/mol. The highest BCUT2D eigenvalue weighted by Crippen LogP contribution is 2.27. The fourth-order valence-corrected chi connectivity index (χ4v) is 4.15. The molecule has 1 atom stereocenters. The minimum atomic E-state index is -0.894. The molecule has 28 heavy (non-hydrogen) atoms. The van der Waals surface area contributed by atoms with Gasteiger partial charge in [0.1, 0.15) is 0 Å². The second-order valence-corrected chi connectivity index (χ2v) is 7.78. The number of para-hydroxylation sites is 1. The van der Waals surface area contributed by atoms with Gasteiger partial charge in [0.05, 0.1) is 16.8 Å². The number of likely N-dealkylation sites (N-methyl/N-ethyl adjacent to an activating group) is 1. The van der Waals surface area contributed by atoms with Crippen molar-refractivity contribution in [1.82, 2.24) is 4.98 Å². The molecule has 0 aliphatic carbocycles. The minimum absolute atomic E-state index is 0.285. The minimum Gasteiger partial charge on any atom is -0.449 e. The number of rotatable bonds is 7. The highest BCUT2D eigenvalue weighted by Gasteiger charge is 2.24. The summed E-state index contributed by atoms with van der Waals surface area (Å²) in [6.45, 7) is 1.59. The average Bonchev–Trinajstić information content (AvgIpc) is 3.25. The number of esters is 1. The van der Waals surface area contributed by atoms with Crippen LogP contribution in [0.1, 0.15) is 23.0 Å². The highest BCUT2D eigenvalue weighted by atomic mass is 32.2. The Morgan fingerprint density at radius 2 is 1.86 bits per heavy atom. The molecule has 0 N–H and O–H groups in total. The lowest BCUT2D eigenvalue weighted by Gasteiger charge is -2.21. The third-order valence-corrected chi connectivity index (χ3v) is 5.81. The van der Waals surface area contributed by atoms with Gasteiger partial charge >= 0.3 is 5.97 Å². The summed E-state index contributed by atoms with van der Waals surface area (Å²) < 4.78 is 5.46. The second-order valence-electron chi connectivity index (χ2n) is 6.04. The van der Waals surface area contributed by atoms with Crippen molar-refractivity contribution in [2.45, 2.75) is 23.7 Å². The summed E-state index contributed by atoms with van der Waals surface area (Å²) in [4.78, 5) is 31.8. The Labute approximate surface area is 172 Å². The number of aromatic nitrogens is 1. The van der Waals surface area contributed by atoms with Gasteiger partial charge in [0.25, 0.3) is 5.91 Å². The molecule has 0 aliphatic heterocycles. The van der Waals surface area contributed by atoms with Crippen LogP contribution in [0.3, 0.4) is 0 Å². The Morgan fingerprint density at radius 1 is 1.14 bits per heavy atom. The van der Waals surface area contributed by atoms with Gasteiger partial charge in [0.2, 0.25) is 0 Å². The summed E-state index contributed by atoms with van der Waals surface area (Å²) >= 11 is 3.06. The van der Waals surface area contributed by atoms with E-state index in [2.05, 4.69) is 4.98 Å². The number of hydrogen-bond donors (Lipinski definition) is 0. The number of amides is 1. The monoisotopic (exact) mass is 412 g/mol. The number of anilines is 1. The molecule has 0 spiro atoms. The molecule has 0 saturated heterocycles. The van der Waals surface area contributed by atoms with Crippen LogP contribution in [-0.4, -0.2) is 30.0 Å². The molecule has 1 amide bonds. The van der Waals surface area contributed by atoms with Crippen LogP contribution in [-0.2, 0) is 15.3 Å². The largest absolute Gasteiger partial charge is 0.449 e. The molecule has 3 rings (SSSR count). The van der Waals surface area contributed by atoms with Crippen molar-refractivity contribution < 1.29 is 14.3 Å². The van der Waals surface area contributed by atoms with E-state index in [0.717, 1.165) is 16.3 Å². The maximum absolute atomic E-state index is 12.7. The summed E-state index contributed by atoms with van der Waals surface area (Å²) in [5.41, 5.74) is 3.94. The summed E-state index contributed by atoms with van der Waals surface area (Å²) in [6.07, 6.45) is -0.894. The molecule has 7 heteroatoms. The van der Waals surface area contributed by atoms with Gasteiger partial charge in [-0.05, 0) is 31.2 Å². The number of nitrogens with zero attached hydrogens (tertiary/aromatic N) is 2. The number of ether oxygens (including phenoxy) is 1. The SMILES string of the molecule is CC(OC(=O)c1ccccc1SCc1cscn1)C(=O)N(C)c1ccccc1. The topological polar surface area (TPSA) is 59.5 Å².